The van der Waals surface area contributed by atoms with Crippen LogP contribution in [0.1, 0.15) is 35.1 Å². The first kappa shape index (κ1) is 19.2. The van der Waals surface area contributed by atoms with Crippen molar-refractivity contribution in [2.24, 2.45) is 0 Å². The van der Waals surface area contributed by atoms with Crippen LogP contribution in [0, 0.1) is 11.6 Å². The van der Waals surface area contributed by atoms with Crippen molar-refractivity contribution in [3.8, 4) is 11.4 Å². The Hall–Kier alpha value is -3.75. The Morgan fingerprint density at radius 2 is 2.03 bits per heavy atom. The molecule has 0 saturated heterocycles. The first-order valence-corrected chi connectivity index (χ1v) is 9.90. The molecule has 0 radical (unpaired) electrons. The van der Waals surface area contributed by atoms with Crippen molar-refractivity contribution in [3.05, 3.63) is 65.0 Å². The highest BCUT2D eigenvalue weighted by molar-refractivity contribution is 6.05. The van der Waals surface area contributed by atoms with Crippen molar-refractivity contribution in [1.29, 1.82) is 0 Å². The summed E-state index contributed by atoms with van der Waals surface area (Å²) in [5.41, 5.74) is 3.15. The summed E-state index contributed by atoms with van der Waals surface area (Å²) >= 11 is 0. The van der Waals surface area contributed by atoms with Crippen LogP contribution in [0.3, 0.4) is 0 Å². The maximum absolute atomic E-state index is 13.7. The van der Waals surface area contributed by atoms with Gasteiger partial charge in [0, 0.05) is 23.0 Å². The number of carbonyl (C=O) groups is 2. The number of aromatic nitrogens is 2. The minimum Gasteiger partial charge on any atom is -0.479 e. The standard InChI is InChI=1S/C22H18F2N4O3/c1-11-21(29)26-17-9-12(5-8-19(17)31-11)25-22(30)20-14-3-2-4-18(14)28(27-20)13-6-7-15(23)16(24)10-13/h5-11H,2-4H2,1H3,(H,25,30)(H,26,29)/t11-/m1/s1. The lowest BCUT2D eigenvalue weighted by Gasteiger charge is -2.23. The summed E-state index contributed by atoms with van der Waals surface area (Å²) in [4.78, 5) is 24.8. The Bertz CT molecular complexity index is 1240. The van der Waals surface area contributed by atoms with Crippen molar-refractivity contribution in [2.45, 2.75) is 32.3 Å². The highest BCUT2D eigenvalue weighted by Gasteiger charge is 2.28. The first-order valence-electron chi connectivity index (χ1n) is 9.90. The van der Waals surface area contributed by atoms with Gasteiger partial charge in [0.25, 0.3) is 11.8 Å². The number of fused-ring (bicyclic) bond motifs is 2. The van der Waals surface area contributed by atoms with Gasteiger partial charge in [0.05, 0.1) is 11.4 Å². The third kappa shape index (κ3) is 3.31. The number of nitrogens with zero attached hydrogens (tertiary/aromatic N) is 2. The molecule has 9 heteroatoms. The average molecular weight is 424 g/mol. The molecule has 5 rings (SSSR count). The van der Waals surface area contributed by atoms with Gasteiger partial charge in [-0.1, -0.05) is 0 Å². The molecule has 7 nitrogen and oxygen atoms in total. The van der Waals surface area contributed by atoms with Crippen LogP contribution in [-0.2, 0) is 17.6 Å². The predicted molar refractivity (Wildman–Crippen MR) is 109 cm³/mol. The molecule has 31 heavy (non-hydrogen) atoms. The van der Waals surface area contributed by atoms with Gasteiger partial charge in [-0.15, -0.1) is 0 Å². The maximum Gasteiger partial charge on any atom is 0.276 e. The van der Waals surface area contributed by atoms with Gasteiger partial charge in [0.15, 0.2) is 23.4 Å². The highest BCUT2D eigenvalue weighted by Crippen LogP contribution is 2.33. The zero-order chi connectivity index (χ0) is 21.7. The fourth-order valence-electron chi connectivity index (χ4n) is 3.93. The molecule has 0 unspecified atom stereocenters. The molecule has 1 aromatic heterocycles. The Kier molecular flexibility index (Phi) is 4.46. The fourth-order valence-corrected chi connectivity index (χ4v) is 3.93. The molecule has 0 saturated carbocycles. The predicted octanol–water partition coefficient (Wildman–Crippen LogP) is 3.61. The van der Waals surface area contributed by atoms with Gasteiger partial charge in [-0.2, -0.15) is 5.10 Å². The Morgan fingerprint density at radius 3 is 2.84 bits per heavy atom. The maximum atomic E-state index is 13.7. The highest BCUT2D eigenvalue weighted by atomic mass is 19.2. The summed E-state index contributed by atoms with van der Waals surface area (Å²) in [6, 6.07) is 8.49. The molecule has 1 atom stereocenters. The Morgan fingerprint density at radius 1 is 1.19 bits per heavy atom. The van der Waals surface area contributed by atoms with Crippen molar-refractivity contribution in [3.63, 3.8) is 0 Å². The summed E-state index contributed by atoms with van der Waals surface area (Å²) in [7, 11) is 0. The molecular weight excluding hydrogens is 406 g/mol. The van der Waals surface area contributed by atoms with Crippen LogP contribution in [0.25, 0.3) is 5.69 Å². The lowest BCUT2D eigenvalue weighted by Crippen LogP contribution is -2.34. The van der Waals surface area contributed by atoms with Crippen molar-refractivity contribution >= 4 is 23.2 Å². The number of ether oxygens (including phenoxy) is 1. The number of amides is 2. The first-order chi connectivity index (χ1) is 14.9. The second-order valence-electron chi connectivity index (χ2n) is 7.55. The molecule has 0 bridgehead atoms. The SMILES string of the molecule is C[C@H]1Oc2ccc(NC(=O)c3nn(-c4ccc(F)c(F)c4)c4c3CCC4)cc2NC1=O. The monoisotopic (exact) mass is 424 g/mol. The van der Waals surface area contributed by atoms with E-state index in [0.717, 1.165) is 29.8 Å². The summed E-state index contributed by atoms with van der Waals surface area (Å²) in [5, 5.41) is 9.93. The third-order valence-corrected chi connectivity index (χ3v) is 5.46. The summed E-state index contributed by atoms with van der Waals surface area (Å²) in [5.74, 6) is -2.08. The third-order valence-electron chi connectivity index (χ3n) is 5.46. The van der Waals surface area contributed by atoms with Crippen LogP contribution in [0.4, 0.5) is 20.2 Å². The number of benzene rings is 2. The van der Waals surface area contributed by atoms with Crippen LogP contribution < -0.4 is 15.4 Å². The molecule has 2 aromatic carbocycles. The van der Waals surface area contributed by atoms with Gasteiger partial charge >= 0.3 is 0 Å². The minimum atomic E-state index is -0.974. The number of rotatable bonds is 3. The lowest BCUT2D eigenvalue weighted by atomic mass is 10.1. The normalized spacial score (nSPS) is 16.9. The average Bonchev–Trinajstić information content (AvgIpc) is 3.34. The van der Waals surface area contributed by atoms with E-state index in [0.29, 0.717) is 35.7 Å². The molecule has 3 aromatic rings. The van der Waals surface area contributed by atoms with Gasteiger partial charge < -0.3 is 15.4 Å². The number of nitrogens with one attached hydrogen (secondary N) is 2. The van der Waals surface area contributed by atoms with Crippen molar-refractivity contribution < 1.29 is 23.1 Å². The molecule has 1 aliphatic heterocycles. The summed E-state index contributed by atoms with van der Waals surface area (Å²) in [6.45, 7) is 1.65. The largest absolute Gasteiger partial charge is 0.479 e. The van der Waals surface area contributed by atoms with Crippen LogP contribution in [0.2, 0.25) is 0 Å². The minimum absolute atomic E-state index is 0.240. The molecule has 158 valence electrons. The zero-order valence-corrected chi connectivity index (χ0v) is 16.5. The summed E-state index contributed by atoms with van der Waals surface area (Å²) in [6.07, 6.45) is 1.62. The number of hydrogen-bond acceptors (Lipinski definition) is 4. The zero-order valence-electron chi connectivity index (χ0n) is 16.5. The van der Waals surface area contributed by atoms with E-state index in [4.69, 9.17) is 4.74 Å². The fraction of sp³-hybridized carbons (Fsp3) is 0.227. The summed E-state index contributed by atoms with van der Waals surface area (Å²) < 4.78 is 34.1. The van der Waals surface area contributed by atoms with Gasteiger partial charge in [-0.25, -0.2) is 13.5 Å². The van der Waals surface area contributed by atoms with Crippen LogP contribution in [0.5, 0.6) is 5.75 Å². The van der Waals surface area contributed by atoms with Crippen molar-refractivity contribution in [2.75, 3.05) is 10.6 Å². The molecule has 2 heterocycles. The topological polar surface area (TPSA) is 85.2 Å². The molecule has 2 amide bonds. The van der Waals surface area contributed by atoms with Crippen LogP contribution in [0.15, 0.2) is 36.4 Å². The number of anilines is 2. The lowest BCUT2D eigenvalue weighted by molar-refractivity contribution is -0.122. The molecule has 0 spiro atoms. The van der Waals surface area contributed by atoms with Crippen LogP contribution >= 0.6 is 0 Å². The number of halogens is 2. The van der Waals surface area contributed by atoms with Crippen LogP contribution in [-0.4, -0.2) is 27.7 Å². The second kappa shape index (κ2) is 7.19. The molecule has 2 N–H and O–H groups in total. The van der Waals surface area contributed by atoms with E-state index in [1.54, 1.807) is 25.1 Å². The van der Waals surface area contributed by atoms with E-state index in [1.165, 1.54) is 10.7 Å². The quantitative estimate of drug-likeness (QED) is 0.673. The van der Waals surface area contributed by atoms with E-state index in [-0.39, 0.29) is 11.6 Å². The molecular formula is C22H18F2N4O3. The Labute approximate surface area is 176 Å². The van der Waals surface area contributed by atoms with Gasteiger partial charge in [0.1, 0.15) is 5.75 Å². The van der Waals surface area contributed by atoms with E-state index in [1.807, 2.05) is 0 Å². The number of carbonyl (C=O) groups excluding carboxylic acids is 2. The Balaban J connectivity index is 1.45. The molecule has 2 aliphatic rings. The smallest absolute Gasteiger partial charge is 0.276 e. The van der Waals surface area contributed by atoms with Gasteiger partial charge in [-0.3, -0.25) is 9.59 Å². The number of hydrogen-bond donors (Lipinski definition) is 2. The molecule has 1 aliphatic carbocycles. The van der Waals surface area contributed by atoms with E-state index >= 15 is 0 Å². The van der Waals surface area contributed by atoms with E-state index < -0.39 is 23.6 Å². The van der Waals surface area contributed by atoms with Gasteiger partial charge in [-0.05, 0) is 56.5 Å². The van der Waals surface area contributed by atoms with Gasteiger partial charge in [0.2, 0.25) is 0 Å². The van der Waals surface area contributed by atoms with Crippen molar-refractivity contribution in [1.82, 2.24) is 9.78 Å². The van der Waals surface area contributed by atoms with E-state index in [9.17, 15) is 18.4 Å². The second-order valence-corrected chi connectivity index (χ2v) is 7.55. The molecule has 0 fully saturated rings. The van der Waals surface area contributed by atoms with E-state index in [2.05, 4.69) is 15.7 Å².